The lowest BCUT2D eigenvalue weighted by atomic mass is 10.1. The number of carboxylic acids is 1. The van der Waals surface area contributed by atoms with Gasteiger partial charge in [0.05, 0.1) is 5.56 Å². The van der Waals surface area contributed by atoms with Gasteiger partial charge in [0.2, 0.25) is 0 Å². The lowest BCUT2D eigenvalue weighted by Crippen LogP contribution is -1.98. The number of carbonyl (C=O) groups is 1. The summed E-state index contributed by atoms with van der Waals surface area (Å²) in [6.07, 6.45) is 0. The highest BCUT2D eigenvalue weighted by atomic mass is 16.4. The van der Waals surface area contributed by atoms with Crippen molar-refractivity contribution < 1.29 is 9.90 Å². The van der Waals surface area contributed by atoms with Crippen molar-refractivity contribution in [2.24, 2.45) is 5.18 Å². The van der Waals surface area contributed by atoms with Crippen molar-refractivity contribution in [2.45, 2.75) is 0 Å². The molecule has 0 aromatic heterocycles. The van der Waals surface area contributed by atoms with Crippen LogP contribution in [0.5, 0.6) is 0 Å². The van der Waals surface area contributed by atoms with Crippen molar-refractivity contribution in [3.63, 3.8) is 0 Å². The number of anilines is 1. The molecule has 62 valence electrons. The second-order valence-electron chi connectivity index (χ2n) is 2.17. The minimum atomic E-state index is -1.21. The Balaban J connectivity index is 3.30. The normalized spacial score (nSPS) is 9.33. The first kappa shape index (κ1) is 8.19. The first-order valence-electron chi connectivity index (χ1n) is 3.11. The van der Waals surface area contributed by atoms with Crippen molar-refractivity contribution in [3.8, 4) is 0 Å². The third kappa shape index (κ3) is 1.39. The maximum atomic E-state index is 10.5. The van der Waals surface area contributed by atoms with Gasteiger partial charge in [-0.2, -0.15) is 0 Å². The van der Waals surface area contributed by atoms with Gasteiger partial charge in [0.1, 0.15) is 5.69 Å². The maximum absolute atomic E-state index is 10.5. The molecule has 1 aromatic carbocycles. The predicted octanol–water partition coefficient (Wildman–Crippen LogP) is 1.36. The van der Waals surface area contributed by atoms with Crippen molar-refractivity contribution in [2.75, 3.05) is 5.73 Å². The van der Waals surface area contributed by atoms with E-state index >= 15 is 0 Å². The quantitative estimate of drug-likeness (QED) is 0.512. The molecule has 1 rings (SSSR count). The third-order valence-electron chi connectivity index (χ3n) is 1.35. The molecule has 0 aliphatic heterocycles. The molecule has 1 aromatic rings. The van der Waals surface area contributed by atoms with Crippen molar-refractivity contribution in [1.82, 2.24) is 0 Å². The molecular weight excluding hydrogens is 160 g/mol. The molecule has 0 spiro atoms. The van der Waals surface area contributed by atoms with Crippen LogP contribution in [0, 0.1) is 4.91 Å². The number of hydrogen-bond donors (Lipinski definition) is 2. The number of nitrogens with zero attached hydrogens (tertiary/aromatic N) is 1. The molecule has 0 radical (unpaired) electrons. The predicted molar refractivity (Wildman–Crippen MR) is 43.3 cm³/mol. The van der Waals surface area contributed by atoms with Crippen molar-refractivity contribution in [1.29, 1.82) is 0 Å². The largest absolute Gasteiger partial charge is 0.478 e. The van der Waals surface area contributed by atoms with Gasteiger partial charge in [-0.05, 0) is 23.4 Å². The minimum Gasteiger partial charge on any atom is -0.478 e. The highest BCUT2D eigenvalue weighted by molar-refractivity contribution is 5.94. The van der Waals surface area contributed by atoms with Gasteiger partial charge in [-0.25, -0.2) is 4.79 Å². The fourth-order valence-corrected chi connectivity index (χ4v) is 0.805. The van der Waals surface area contributed by atoms with Gasteiger partial charge >= 0.3 is 5.97 Å². The summed E-state index contributed by atoms with van der Waals surface area (Å²) in [6.45, 7) is 0. The molecule has 3 N–H and O–H groups in total. The van der Waals surface area contributed by atoms with Crippen LogP contribution in [0.25, 0.3) is 0 Å². The zero-order chi connectivity index (χ0) is 9.14. The smallest absolute Gasteiger partial charge is 0.338 e. The molecule has 12 heavy (non-hydrogen) atoms. The molecule has 0 unspecified atom stereocenters. The summed E-state index contributed by atoms with van der Waals surface area (Å²) < 4.78 is 0. The molecule has 0 saturated heterocycles. The van der Waals surface area contributed by atoms with E-state index < -0.39 is 5.97 Å². The highest BCUT2D eigenvalue weighted by Crippen LogP contribution is 2.21. The Morgan fingerprint density at radius 2 is 2.17 bits per heavy atom. The van der Waals surface area contributed by atoms with Crippen molar-refractivity contribution >= 4 is 17.3 Å². The van der Waals surface area contributed by atoms with E-state index in [2.05, 4.69) is 5.18 Å². The molecule has 0 aliphatic carbocycles. The lowest BCUT2D eigenvalue weighted by Gasteiger charge is -1.98. The summed E-state index contributed by atoms with van der Waals surface area (Å²) in [4.78, 5) is 20.6. The van der Waals surface area contributed by atoms with Gasteiger partial charge < -0.3 is 10.8 Å². The van der Waals surface area contributed by atoms with E-state index in [9.17, 15) is 9.70 Å². The number of carboxylic acid groups (broad SMARTS) is 1. The van der Waals surface area contributed by atoms with Crippen LogP contribution in [0.3, 0.4) is 0 Å². The Morgan fingerprint density at radius 1 is 1.50 bits per heavy atom. The molecule has 0 amide bonds. The fourth-order valence-electron chi connectivity index (χ4n) is 0.805. The third-order valence-corrected chi connectivity index (χ3v) is 1.35. The molecule has 0 aliphatic rings. The molecule has 0 saturated carbocycles. The number of nitroso groups, excluding NO2 is 1. The molecule has 0 heterocycles. The maximum Gasteiger partial charge on any atom is 0.338 e. The molecule has 0 bridgehead atoms. The molecule has 0 fully saturated rings. The average molecular weight is 166 g/mol. The van der Waals surface area contributed by atoms with E-state index in [0.29, 0.717) is 5.69 Å². The molecule has 5 heteroatoms. The van der Waals surface area contributed by atoms with Crippen LogP contribution in [0.1, 0.15) is 10.4 Å². The average Bonchev–Trinajstić information content (AvgIpc) is 2.04. The highest BCUT2D eigenvalue weighted by Gasteiger charge is 2.10. The van der Waals surface area contributed by atoms with E-state index in [1.165, 1.54) is 18.2 Å². The van der Waals surface area contributed by atoms with Crippen LogP contribution in [0.2, 0.25) is 0 Å². The Kier molecular flexibility index (Phi) is 2.05. The summed E-state index contributed by atoms with van der Waals surface area (Å²) in [5, 5.41) is 11.1. The number of aromatic carboxylic acids is 1. The number of hydrogen-bond acceptors (Lipinski definition) is 4. The first-order chi connectivity index (χ1) is 5.65. The van der Waals surface area contributed by atoms with Crippen LogP contribution in [0.4, 0.5) is 11.4 Å². The van der Waals surface area contributed by atoms with Gasteiger partial charge in [-0.3, -0.25) is 0 Å². The summed E-state index contributed by atoms with van der Waals surface area (Å²) in [7, 11) is 0. The van der Waals surface area contributed by atoms with E-state index in [4.69, 9.17) is 10.8 Å². The number of nitrogen functional groups attached to an aromatic ring is 1. The van der Waals surface area contributed by atoms with Crippen LogP contribution < -0.4 is 5.73 Å². The summed E-state index contributed by atoms with van der Waals surface area (Å²) in [5.74, 6) is -1.21. The van der Waals surface area contributed by atoms with E-state index in [1.54, 1.807) is 0 Å². The standard InChI is InChI=1S/C7H6N2O3/c8-4-1-2-6(9-12)5(3-4)7(10)11/h1-3H,8H2,(H,10,11). The van der Waals surface area contributed by atoms with Crippen LogP contribution >= 0.6 is 0 Å². The molecule has 5 nitrogen and oxygen atoms in total. The SMILES string of the molecule is Nc1ccc(N=O)c(C(=O)O)c1. The molecular formula is C7H6N2O3. The zero-order valence-corrected chi connectivity index (χ0v) is 6.02. The monoisotopic (exact) mass is 166 g/mol. The zero-order valence-electron chi connectivity index (χ0n) is 6.02. The van der Waals surface area contributed by atoms with Gasteiger partial charge in [0, 0.05) is 5.69 Å². The second kappa shape index (κ2) is 3.00. The minimum absolute atomic E-state index is 0.114. The van der Waals surface area contributed by atoms with Crippen molar-refractivity contribution in [3.05, 3.63) is 28.7 Å². The topological polar surface area (TPSA) is 92.8 Å². The van der Waals surface area contributed by atoms with E-state index in [-0.39, 0.29) is 11.3 Å². The Hall–Kier alpha value is -1.91. The lowest BCUT2D eigenvalue weighted by molar-refractivity contribution is 0.0698. The summed E-state index contributed by atoms with van der Waals surface area (Å²) in [6, 6.07) is 3.88. The Labute approximate surface area is 67.8 Å². The van der Waals surface area contributed by atoms with Crippen LogP contribution in [-0.2, 0) is 0 Å². The van der Waals surface area contributed by atoms with Crippen LogP contribution in [0.15, 0.2) is 23.4 Å². The fraction of sp³-hybridized carbons (Fsp3) is 0. The van der Waals surface area contributed by atoms with E-state index in [0.717, 1.165) is 0 Å². The van der Waals surface area contributed by atoms with Gasteiger partial charge in [0.15, 0.2) is 0 Å². The summed E-state index contributed by atoms with van der Waals surface area (Å²) in [5.41, 5.74) is 5.31. The van der Waals surface area contributed by atoms with Gasteiger partial charge in [-0.1, -0.05) is 0 Å². The Bertz CT molecular complexity index is 335. The van der Waals surface area contributed by atoms with Crippen LogP contribution in [-0.4, -0.2) is 11.1 Å². The van der Waals surface area contributed by atoms with Gasteiger partial charge in [-0.15, -0.1) is 4.91 Å². The first-order valence-corrected chi connectivity index (χ1v) is 3.11. The number of benzene rings is 1. The summed E-state index contributed by atoms with van der Waals surface area (Å²) >= 11 is 0. The molecule has 0 atom stereocenters. The Morgan fingerprint density at radius 3 is 2.67 bits per heavy atom. The number of nitrogens with two attached hydrogens (primary N) is 1. The van der Waals surface area contributed by atoms with Gasteiger partial charge in [0.25, 0.3) is 0 Å². The number of rotatable bonds is 2. The van der Waals surface area contributed by atoms with E-state index in [1.807, 2.05) is 0 Å². The second-order valence-corrected chi connectivity index (χ2v) is 2.17.